The summed E-state index contributed by atoms with van der Waals surface area (Å²) in [6.45, 7) is 1.79. The van der Waals surface area contributed by atoms with Gasteiger partial charge in [-0.2, -0.15) is 9.61 Å². The predicted octanol–water partition coefficient (Wildman–Crippen LogP) is 3.04. The number of hydrogen-bond acceptors (Lipinski definition) is 5. The van der Waals surface area contributed by atoms with Gasteiger partial charge in [-0.1, -0.05) is 18.2 Å². The molecule has 0 unspecified atom stereocenters. The van der Waals surface area contributed by atoms with E-state index in [2.05, 4.69) is 20.0 Å². The van der Waals surface area contributed by atoms with Gasteiger partial charge in [0.2, 0.25) is 0 Å². The first-order valence-corrected chi connectivity index (χ1v) is 9.49. The second kappa shape index (κ2) is 6.44. The van der Waals surface area contributed by atoms with Gasteiger partial charge in [-0.05, 0) is 49.4 Å². The van der Waals surface area contributed by atoms with Crippen molar-refractivity contribution in [2.75, 3.05) is 4.72 Å². The molecule has 0 bridgehead atoms. The first kappa shape index (κ1) is 17.1. The zero-order valence-corrected chi connectivity index (χ0v) is 15.0. The summed E-state index contributed by atoms with van der Waals surface area (Å²) in [5.41, 5.74) is 2.32. The molecule has 27 heavy (non-hydrogen) atoms. The molecule has 2 aromatic heterocycles. The summed E-state index contributed by atoms with van der Waals surface area (Å²) in [7, 11) is -3.90. The molecule has 0 aliphatic heterocycles. The van der Waals surface area contributed by atoms with Crippen LogP contribution in [-0.2, 0) is 10.0 Å². The van der Waals surface area contributed by atoms with Gasteiger partial charge in [-0.15, -0.1) is 10.2 Å². The van der Waals surface area contributed by atoms with Crippen molar-refractivity contribution >= 4 is 21.4 Å². The lowest BCUT2D eigenvalue weighted by Gasteiger charge is -2.10. The number of halogens is 1. The summed E-state index contributed by atoms with van der Waals surface area (Å²) in [5.74, 6) is 0.0308. The van der Waals surface area contributed by atoms with Crippen LogP contribution in [0.15, 0.2) is 65.6 Å². The summed E-state index contributed by atoms with van der Waals surface area (Å²) in [6.07, 6.45) is 0. The van der Waals surface area contributed by atoms with E-state index in [1.807, 2.05) is 6.07 Å². The molecule has 2 heterocycles. The number of benzene rings is 2. The van der Waals surface area contributed by atoms with E-state index in [4.69, 9.17) is 0 Å². The van der Waals surface area contributed by atoms with E-state index in [1.165, 1.54) is 18.2 Å². The molecule has 0 saturated carbocycles. The second-order valence-corrected chi connectivity index (χ2v) is 7.56. The third-order valence-corrected chi connectivity index (χ3v) is 5.31. The van der Waals surface area contributed by atoms with Crippen molar-refractivity contribution in [3.8, 4) is 11.3 Å². The van der Waals surface area contributed by atoms with Crippen LogP contribution < -0.4 is 4.72 Å². The molecule has 0 aliphatic rings. The minimum Gasteiger partial charge on any atom is -0.280 e. The van der Waals surface area contributed by atoms with Crippen molar-refractivity contribution in [2.45, 2.75) is 11.8 Å². The van der Waals surface area contributed by atoms with Crippen LogP contribution in [0, 0.1) is 12.7 Å². The van der Waals surface area contributed by atoms with Crippen LogP contribution in [0.1, 0.15) is 5.82 Å². The Hall–Kier alpha value is -3.33. The van der Waals surface area contributed by atoms with Crippen LogP contribution in [0.4, 0.5) is 10.1 Å². The Bertz CT molecular complexity index is 1250. The number of nitrogens with one attached hydrogen (secondary N) is 1. The van der Waals surface area contributed by atoms with E-state index in [-0.39, 0.29) is 4.90 Å². The molecule has 0 atom stereocenters. The molecule has 0 spiro atoms. The van der Waals surface area contributed by atoms with Crippen LogP contribution in [0.5, 0.6) is 0 Å². The minimum atomic E-state index is -3.90. The highest BCUT2D eigenvalue weighted by molar-refractivity contribution is 7.92. The van der Waals surface area contributed by atoms with Gasteiger partial charge in [0.1, 0.15) is 5.82 Å². The van der Waals surface area contributed by atoms with E-state index in [9.17, 15) is 12.8 Å². The number of sulfonamides is 1. The zero-order valence-electron chi connectivity index (χ0n) is 14.2. The molecule has 7 nitrogen and oxygen atoms in total. The van der Waals surface area contributed by atoms with Crippen LogP contribution in [0.3, 0.4) is 0 Å². The Morgan fingerprint density at radius 3 is 2.63 bits per heavy atom. The highest BCUT2D eigenvalue weighted by Crippen LogP contribution is 2.23. The van der Waals surface area contributed by atoms with Crippen molar-refractivity contribution in [2.24, 2.45) is 0 Å². The third kappa shape index (κ3) is 3.36. The molecule has 0 aliphatic carbocycles. The van der Waals surface area contributed by atoms with E-state index in [1.54, 1.807) is 41.8 Å². The lowest BCUT2D eigenvalue weighted by atomic mass is 10.1. The van der Waals surface area contributed by atoms with Gasteiger partial charge >= 0.3 is 0 Å². The molecule has 0 amide bonds. The van der Waals surface area contributed by atoms with E-state index < -0.39 is 15.8 Å². The van der Waals surface area contributed by atoms with E-state index in [0.717, 1.165) is 6.07 Å². The summed E-state index contributed by atoms with van der Waals surface area (Å²) < 4.78 is 42.4. The zero-order chi connectivity index (χ0) is 19.0. The standard InChI is InChI=1S/C18H14FN5O2S/c1-12-20-21-18-9-8-17(22-24(12)18)13-4-2-6-15(10-13)23-27(25,26)16-7-3-5-14(19)11-16/h2-11,23H,1H3. The minimum absolute atomic E-state index is 0.146. The fourth-order valence-electron chi connectivity index (χ4n) is 2.64. The van der Waals surface area contributed by atoms with Gasteiger partial charge in [0, 0.05) is 11.3 Å². The molecule has 9 heteroatoms. The van der Waals surface area contributed by atoms with Crippen molar-refractivity contribution in [1.82, 2.24) is 19.8 Å². The fourth-order valence-corrected chi connectivity index (χ4v) is 3.72. The van der Waals surface area contributed by atoms with E-state index in [0.29, 0.717) is 28.4 Å². The Kier molecular flexibility index (Phi) is 4.08. The Balaban J connectivity index is 1.68. The maximum absolute atomic E-state index is 13.3. The normalized spacial score (nSPS) is 11.6. The molecule has 0 saturated heterocycles. The quantitative estimate of drug-likeness (QED) is 0.585. The van der Waals surface area contributed by atoms with Gasteiger partial charge in [0.15, 0.2) is 11.5 Å². The molecule has 2 aromatic carbocycles. The van der Waals surface area contributed by atoms with Crippen molar-refractivity contribution < 1.29 is 12.8 Å². The van der Waals surface area contributed by atoms with Gasteiger partial charge in [0.05, 0.1) is 10.6 Å². The monoisotopic (exact) mass is 383 g/mol. The summed E-state index contributed by atoms with van der Waals surface area (Å²) in [4.78, 5) is -0.146. The topological polar surface area (TPSA) is 89.2 Å². The number of fused-ring (bicyclic) bond motifs is 1. The Labute approximate surface area is 154 Å². The van der Waals surface area contributed by atoms with Crippen LogP contribution in [0.25, 0.3) is 16.9 Å². The van der Waals surface area contributed by atoms with E-state index >= 15 is 0 Å². The third-order valence-electron chi connectivity index (χ3n) is 3.94. The van der Waals surface area contributed by atoms with Gasteiger partial charge in [-0.3, -0.25) is 4.72 Å². The molecule has 136 valence electrons. The fraction of sp³-hybridized carbons (Fsp3) is 0.0556. The van der Waals surface area contributed by atoms with Crippen molar-refractivity contribution in [3.05, 3.63) is 72.3 Å². The smallest absolute Gasteiger partial charge is 0.261 e. The highest BCUT2D eigenvalue weighted by atomic mass is 32.2. The number of hydrogen-bond donors (Lipinski definition) is 1. The number of aryl methyl sites for hydroxylation is 1. The molecule has 0 radical (unpaired) electrons. The molecule has 4 aromatic rings. The van der Waals surface area contributed by atoms with Crippen molar-refractivity contribution in [1.29, 1.82) is 0 Å². The summed E-state index contributed by atoms with van der Waals surface area (Å²) in [6, 6.07) is 15.2. The molecule has 0 fully saturated rings. The molecule has 1 N–H and O–H groups in total. The molecule has 4 rings (SSSR count). The summed E-state index contributed by atoms with van der Waals surface area (Å²) in [5, 5.41) is 12.4. The maximum atomic E-state index is 13.3. The lowest BCUT2D eigenvalue weighted by Crippen LogP contribution is -2.13. The SMILES string of the molecule is Cc1nnc2ccc(-c3cccc(NS(=O)(=O)c4cccc(F)c4)c3)nn12. The van der Waals surface area contributed by atoms with Crippen LogP contribution >= 0.6 is 0 Å². The molecular weight excluding hydrogens is 369 g/mol. The Morgan fingerprint density at radius 2 is 1.81 bits per heavy atom. The largest absolute Gasteiger partial charge is 0.280 e. The maximum Gasteiger partial charge on any atom is 0.261 e. The lowest BCUT2D eigenvalue weighted by molar-refractivity contribution is 0.595. The number of anilines is 1. The second-order valence-electron chi connectivity index (χ2n) is 5.88. The highest BCUT2D eigenvalue weighted by Gasteiger charge is 2.15. The average Bonchev–Trinajstić information content (AvgIpc) is 3.02. The van der Waals surface area contributed by atoms with Gasteiger partial charge < -0.3 is 0 Å². The predicted molar refractivity (Wildman–Crippen MR) is 98.2 cm³/mol. The Morgan fingerprint density at radius 1 is 1.00 bits per heavy atom. The number of rotatable bonds is 4. The number of aromatic nitrogens is 4. The van der Waals surface area contributed by atoms with Gasteiger partial charge in [-0.25, -0.2) is 12.8 Å². The molecular formula is C18H14FN5O2S. The first-order chi connectivity index (χ1) is 12.9. The number of nitrogens with zero attached hydrogens (tertiary/aromatic N) is 4. The van der Waals surface area contributed by atoms with Gasteiger partial charge in [0.25, 0.3) is 10.0 Å². The first-order valence-electron chi connectivity index (χ1n) is 8.00. The van der Waals surface area contributed by atoms with Crippen LogP contribution in [-0.4, -0.2) is 28.2 Å². The van der Waals surface area contributed by atoms with Crippen molar-refractivity contribution in [3.63, 3.8) is 0 Å². The summed E-state index contributed by atoms with van der Waals surface area (Å²) >= 11 is 0. The average molecular weight is 383 g/mol. The van der Waals surface area contributed by atoms with Crippen LogP contribution in [0.2, 0.25) is 0 Å².